The van der Waals surface area contributed by atoms with Crippen molar-refractivity contribution < 1.29 is 9.59 Å². The summed E-state index contributed by atoms with van der Waals surface area (Å²) in [5.41, 5.74) is 0.673. The van der Waals surface area contributed by atoms with Crippen LogP contribution in [0.5, 0.6) is 0 Å². The molecule has 1 aliphatic rings. The second-order valence-corrected chi connectivity index (χ2v) is 4.38. The number of nitrogens with zero attached hydrogens (tertiary/aromatic N) is 4. The van der Waals surface area contributed by atoms with E-state index >= 15 is 0 Å². The molecule has 1 saturated heterocycles. The summed E-state index contributed by atoms with van der Waals surface area (Å²) in [6, 6.07) is 0. The van der Waals surface area contributed by atoms with E-state index in [9.17, 15) is 9.59 Å². The van der Waals surface area contributed by atoms with Crippen LogP contribution in [0.4, 0.5) is 5.82 Å². The standard InChI is InChI=1S/C12H17N5O2/c1-3-13-10-7-14-9(6-15-10)8-17-5-4-16(2)11(18)12(17)19/h6-7H,3-5,8H2,1-2H3,(H,13,15). The molecule has 19 heavy (non-hydrogen) atoms. The maximum atomic E-state index is 11.8. The molecule has 2 amide bonds. The third-order valence-electron chi connectivity index (χ3n) is 2.94. The Labute approximate surface area is 111 Å². The average molecular weight is 263 g/mol. The van der Waals surface area contributed by atoms with Crippen LogP contribution in [0.2, 0.25) is 0 Å². The van der Waals surface area contributed by atoms with Crippen LogP contribution in [0.15, 0.2) is 12.4 Å². The highest BCUT2D eigenvalue weighted by Crippen LogP contribution is 2.08. The van der Waals surface area contributed by atoms with Crippen molar-refractivity contribution in [1.82, 2.24) is 19.8 Å². The van der Waals surface area contributed by atoms with E-state index in [2.05, 4.69) is 15.3 Å². The number of hydrogen-bond donors (Lipinski definition) is 1. The Balaban J connectivity index is 2.01. The van der Waals surface area contributed by atoms with Gasteiger partial charge in [0.1, 0.15) is 5.82 Å². The van der Waals surface area contributed by atoms with Crippen LogP contribution >= 0.6 is 0 Å². The number of carbonyl (C=O) groups is 2. The van der Waals surface area contributed by atoms with Gasteiger partial charge in [-0.2, -0.15) is 0 Å². The lowest BCUT2D eigenvalue weighted by atomic mass is 10.3. The van der Waals surface area contributed by atoms with Gasteiger partial charge in [-0.1, -0.05) is 0 Å². The van der Waals surface area contributed by atoms with Crippen LogP contribution in [0.25, 0.3) is 0 Å². The van der Waals surface area contributed by atoms with Gasteiger partial charge in [0.15, 0.2) is 0 Å². The van der Waals surface area contributed by atoms with Gasteiger partial charge in [0.2, 0.25) is 0 Å². The second kappa shape index (κ2) is 5.64. The lowest BCUT2D eigenvalue weighted by Crippen LogP contribution is -2.52. The first-order valence-electron chi connectivity index (χ1n) is 6.21. The zero-order chi connectivity index (χ0) is 13.8. The summed E-state index contributed by atoms with van der Waals surface area (Å²) in [6.07, 6.45) is 3.25. The molecule has 7 nitrogen and oxygen atoms in total. The molecule has 0 atom stereocenters. The molecule has 1 aromatic rings. The number of rotatable bonds is 4. The van der Waals surface area contributed by atoms with Gasteiger partial charge >= 0.3 is 11.8 Å². The monoisotopic (exact) mass is 263 g/mol. The zero-order valence-electron chi connectivity index (χ0n) is 11.1. The van der Waals surface area contributed by atoms with Crippen LogP contribution in [-0.2, 0) is 16.1 Å². The van der Waals surface area contributed by atoms with E-state index in [1.54, 1.807) is 19.4 Å². The molecule has 0 aromatic carbocycles. The Morgan fingerprint density at radius 1 is 1.21 bits per heavy atom. The van der Waals surface area contributed by atoms with E-state index in [0.29, 0.717) is 31.1 Å². The summed E-state index contributed by atoms with van der Waals surface area (Å²) < 4.78 is 0. The number of amides is 2. The van der Waals surface area contributed by atoms with Gasteiger partial charge in [0.25, 0.3) is 0 Å². The first-order chi connectivity index (χ1) is 9.11. The molecular formula is C12H17N5O2. The minimum Gasteiger partial charge on any atom is -0.369 e. The van der Waals surface area contributed by atoms with Crippen molar-refractivity contribution in [3.63, 3.8) is 0 Å². The molecule has 0 spiro atoms. The highest BCUT2D eigenvalue weighted by atomic mass is 16.2. The summed E-state index contributed by atoms with van der Waals surface area (Å²) >= 11 is 0. The molecule has 2 heterocycles. The van der Waals surface area contributed by atoms with E-state index in [1.165, 1.54) is 9.80 Å². The molecule has 1 fully saturated rings. The molecule has 0 aliphatic carbocycles. The molecule has 0 bridgehead atoms. The van der Waals surface area contributed by atoms with Gasteiger partial charge in [0, 0.05) is 26.7 Å². The number of anilines is 1. The Hall–Kier alpha value is -2.18. The minimum atomic E-state index is -0.480. The topological polar surface area (TPSA) is 78.4 Å². The third kappa shape index (κ3) is 2.98. The van der Waals surface area contributed by atoms with E-state index in [4.69, 9.17) is 0 Å². The fourth-order valence-electron chi connectivity index (χ4n) is 1.83. The van der Waals surface area contributed by atoms with Crippen molar-refractivity contribution in [3.05, 3.63) is 18.1 Å². The van der Waals surface area contributed by atoms with Crippen molar-refractivity contribution in [2.24, 2.45) is 0 Å². The van der Waals surface area contributed by atoms with Crippen LogP contribution in [0.1, 0.15) is 12.6 Å². The maximum absolute atomic E-state index is 11.8. The molecule has 102 valence electrons. The molecule has 1 aromatic heterocycles. The third-order valence-corrected chi connectivity index (χ3v) is 2.94. The molecule has 0 unspecified atom stereocenters. The minimum absolute atomic E-state index is 0.317. The average Bonchev–Trinajstić information content (AvgIpc) is 2.42. The highest BCUT2D eigenvalue weighted by molar-refractivity contribution is 6.35. The Morgan fingerprint density at radius 3 is 2.63 bits per heavy atom. The molecule has 0 radical (unpaired) electrons. The number of piperazine rings is 1. The number of carbonyl (C=O) groups excluding carboxylic acids is 2. The first-order valence-corrected chi connectivity index (χ1v) is 6.21. The van der Waals surface area contributed by atoms with Crippen molar-refractivity contribution in [1.29, 1.82) is 0 Å². The molecule has 0 saturated carbocycles. The molecule has 2 rings (SSSR count). The number of nitrogens with one attached hydrogen (secondary N) is 1. The Kier molecular flexibility index (Phi) is 3.94. The van der Waals surface area contributed by atoms with Crippen molar-refractivity contribution in [2.75, 3.05) is 32.0 Å². The Morgan fingerprint density at radius 2 is 2.00 bits per heavy atom. The van der Waals surface area contributed by atoms with E-state index in [-0.39, 0.29) is 0 Å². The van der Waals surface area contributed by atoms with E-state index in [0.717, 1.165) is 6.54 Å². The smallest absolute Gasteiger partial charge is 0.312 e. The second-order valence-electron chi connectivity index (χ2n) is 4.38. The lowest BCUT2D eigenvalue weighted by Gasteiger charge is -2.31. The van der Waals surface area contributed by atoms with Gasteiger partial charge < -0.3 is 15.1 Å². The first kappa shape index (κ1) is 13.3. The van der Waals surface area contributed by atoms with Crippen molar-refractivity contribution in [3.8, 4) is 0 Å². The molecular weight excluding hydrogens is 246 g/mol. The highest BCUT2D eigenvalue weighted by Gasteiger charge is 2.30. The summed E-state index contributed by atoms with van der Waals surface area (Å²) in [4.78, 5) is 34.7. The predicted molar refractivity (Wildman–Crippen MR) is 69.2 cm³/mol. The van der Waals surface area contributed by atoms with Crippen LogP contribution in [-0.4, -0.2) is 58.3 Å². The normalized spacial score (nSPS) is 15.9. The molecule has 1 aliphatic heterocycles. The fraction of sp³-hybridized carbons (Fsp3) is 0.500. The van der Waals surface area contributed by atoms with Gasteiger partial charge in [-0.15, -0.1) is 0 Å². The van der Waals surface area contributed by atoms with E-state index in [1.807, 2.05) is 6.92 Å². The van der Waals surface area contributed by atoms with Crippen molar-refractivity contribution in [2.45, 2.75) is 13.5 Å². The summed E-state index contributed by atoms with van der Waals surface area (Å²) in [7, 11) is 1.63. The molecule has 1 N–H and O–H groups in total. The van der Waals surface area contributed by atoms with Crippen LogP contribution in [0.3, 0.4) is 0 Å². The van der Waals surface area contributed by atoms with Gasteiger partial charge in [-0.3, -0.25) is 14.6 Å². The summed E-state index contributed by atoms with van der Waals surface area (Å²) in [6.45, 7) is 4.15. The van der Waals surface area contributed by atoms with Gasteiger partial charge in [-0.25, -0.2) is 4.98 Å². The van der Waals surface area contributed by atoms with Gasteiger partial charge in [0.05, 0.1) is 24.6 Å². The predicted octanol–water partition coefficient (Wildman–Crippen LogP) is -0.291. The zero-order valence-corrected chi connectivity index (χ0v) is 11.1. The number of hydrogen-bond acceptors (Lipinski definition) is 5. The number of likely N-dealkylation sites (N-methyl/N-ethyl adjacent to an activating group) is 1. The maximum Gasteiger partial charge on any atom is 0.312 e. The summed E-state index contributed by atoms with van der Waals surface area (Å²) in [5.74, 6) is -0.248. The van der Waals surface area contributed by atoms with Crippen molar-refractivity contribution >= 4 is 17.6 Å². The van der Waals surface area contributed by atoms with E-state index < -0.39 is 11.8 Å². The van der Waals surface area contributed by atoms with Crippen LogP contribution in [0, 0.1) is 0 Å². The lowest BCUT2D eigenvalue weighted by molar-refractivity contribution is -0.155. The summed E-state index contributed by atoms with van der Waals surface area (Å²) in [5, 5.41) is 3.05. The SMILES string of the molecule is CCNc1cnc(CN2CCN(C)C(=O)C2=O)cn1. The fourth-order valence-corrected chi connectivity index (χ4v) is 1.83. The van der Waals surface area contributed by atoms with Crippen LogP contribution < -0.4 is 5.32 Å². The largest absolute Gasteiger partial charge is 0.369 e. The Bertz CT molecular complexity index is 474. The van der Waals surface area contributed by atoms with Gasteiger partial charge in [-0.05, 0) is 6.92 Å². The molecule has 7 heteroatoms. The number of aromatic nitrogens is 2. The quantitative estimate of drug-likeness (QED) is 0.755.